The number of fused-ring (bicyclic) bond motifs is 1. The summed E-state index contributed by atoms with van der Waals surface area (Å²) in [7, 11) is -1.14. The van der Waals surface area contributed by atoms with E-state index in [0.717, 1.165) is 10.9 Å². The topological polar surface area (TPSA) is 176 Å². The zero-order valence-electron chi connectivity index (χ0n) is 21.4. The molecule has 0 aromatic carbocycles. The number of nitrogens with two attached hydrogens (primary N) is 1. The molecule has 2 aromatic rings. The van der Waals surface area contributed by atoms with Crippen LogP contribution >= 0.6 is 8.18 Å². The molecule has 6 atom stereocenters. The molecule has 33 heavy (non-hydrogen) atoms. The Bertz CT molecular complexity index is 1140. The molecule has 3 rings (SSSR count). The second-order valence-electron chi connectivity index (χ2n) is 7.63. The highest BCUT2D eigenvalue weighted by Gasteiger charge is 2.56. The monoisotopic (exact) mass is 491 g/mol. The van der Waals surface area contributed by atoms with E-state index in [9.17, 15) is 14.5 Å². The first kappa shape index (κ1) is 21.1. The lowest BCUT2D eigenvalue weighted by Gasteiger charge is -2.24. The van der Waals surface area contributed by atoms with Gasteiger partial charge in [0.2, 0.25) is 5.95 Å². The Hall–Kier alpha value is -2.51. The summed E-state index contributed by atoms with van der Waals surface area (Å²) in [6, 6.07) is -0.996. The van der Waals surface area contributed by atoms with Crippen LogP contribution < -0.4 is 16.1 Å². The number of carbonyl (C=O) groups excluding carboxylic acids is 1. The number of hydrogen-bond donors (Lipinski definition) is 4. The van der Waals surface area contributed by atoms with Crippen molar-refractivity contribution in [1.82, 2.24) is 24.6 Å². The number of anilines is 2. The van der Waals surface area contributed by atoms with Crippen molar-refractivity contribution >= 4 is 37.1 Å². The number of halogens is 1. The van der Waals surface area contributed by atoms with Crippen molar-refractivity contribution < 1.29 is 37.0 Å². The maximum Gasteiger partial charge on any atom is 0.613 e. The molecule has 1 aliphatic rings. The van der Waals surface area contributed by atoms with E-state index in [1.165, 1.54) is 6.92 Å². The molecule has 1 unspecified atom stereocenters. The molecular weight excluding hydrogens is 460 g/mol. The molecule has 182 valence electrons. The highest BCUT2D eigenvalue weighted by atomic mass is 31.1. The van der Waals surface area contributed by atoms with Gasteiger partial charge in [-0.1, -0.05) is 5.09 Å². The summed E-state index contributed by atoms with van der Waals surface area (Å²) >= 11 is 0. The highest BCUT2D eigenvalue weighted by molar-refractivity contribution is 7.36. The summed E-state index contributed by atoms with van der Waals surface area (Å²) < 4.78 is 68.4. The van der Waals surface area contributed by atoms with E-state index in [4.69, 9.17) is 23.8 Å². The van der Waals surface area contributed by atoms with Crippen molar-refractivity contribution in [3.05, 3.63) is 6.33 Å². The zero-order chi connectivity index (χ0) is 27.0. The maximum atomic E-state index is 16.2. The molecule has 0 amide bonds. The number of rotatable bonds is 9. The molecule has 13 nitrogen and oxygen atoms in total. The van der Waals surface area contributed by atoms with Crippen molar-refractivity contribution in [3.63, 3.8) is 0 Å². The first-order chi connectivity index (χ1) is 16.7. The molecule has 15 heteroatoms. The molecule has 3 heterocycles. The summed E-state index contributed by atoms with van der Waals surface area (Å²) in [5, 5.41) is 15.8. The lowest BCUT2D eigenvalue weighted by molar-refractivity contribution is -0.149. The van der Waals surface area contributed by atoms with Crippen molar-refractivity contribution in [2.75, 3.05) is 24.7 Å². The summed E-state index contributed by atoms with van der Waals surface area (Å²) in [4.78, 5) is 23.9. The fraction of sp³-hybridized carbons (Fsp3) is 0.667. The fourth-order valence-electron chi connectivity index (χ4n) is 3.16. The van der Waals surface area contributed by atoms with Gasteiger partial charge in [-0.05, 0) is 32.2 Å². The van der Waals surface area contributed by atoms with Gasteiger partial charge in [0.1, 0.15) is 24.9 Å². The number of hydrogen-bond acceptors (Lipinski definition) is 11. The number of alkyl halides is 1. The van der Waals surface area contributed by atoms with Gasteiger partial charge in [-0.25, -0.2) is 9.37 Å². The normalized spacial score (nSPS) is 28.3. The van der Waals surface area contributed by atoms with Crippen LogP contribution in [0.4, 0.5) is 16.2 Å². The minimum Gasteiger partial charge on any atom is -0.462 e. The van der Waals surface area contributed by atoms with Crippen LogP contribution in [0.2, 0.25) is 0 Å². The average Bonchev–Trinajstić information content (AvgIpc) is 3.30. The van der Waals surface area contributed by atoms with E-state index in [1.807, 2.05) is 0 Å². The van der Waals surface area contributed by atoms with Gasteiger partial charge >= 0.3 is 14.1 Å². The number of nitrogens with zero attached hydrogens (tertiary/aromatic N) is 4. The quantitative estimate of drug-likeness (QED) is 0.290. The van der Waals surface area contributed by atoms with Crippen molar-refractivity contribution in [1.29, 1.82) is 0 Å². The zero-order valence-corrected chi connectivity index (χ0v) is 19.2. The molecule has 0 aliphatic carbocycles. The van der Waals surface area contributed by atoms with Crippen LogP contribution in [0.15, 0.2) is 6.33 Å². The van der Waals surface area contributed by atoms with Crippen molar-refractivity contribution in [3.8, 4) is 0 Å². The first-order valence-electron chi connectivity index (χ1n) is 11.5. The Morgan fingerprint density at radius 2 is 2.24 bits per heavy atom. The number of carbonyl (C=O) groups is 1. The maximum absolute atomic E-state index is 16.2. The Balaban J connectivity index is 1.84. The molecule has 1 fully saturated rings. The molecular formula is C18H28FN7O6P+. The number of aliphatic hydroxyl groups is 1. The van der Waals surface area contributed by atoms with Gasteiger partial charge in [0.05, 0.1) is 12.4 Å². The van der Waals surface area contributed by atoms with E-state index in [-0.39, 0.29) is 29.0 Å². The molecule has 5 N–H and O–H groups in total. The molecule has 1 aliphatic heterocycles. The minimum atomic E-state index is -3.36. The van der Waals surface area contributed by atoms with E-state index < -0.39 is 57.8 Å². The second-order valence-corrected chi connectivity index (χ2v) is 8.66. The Kier molecular flexibility index (Phi) is 6.23. The van der Waals surface area contributed by atoms with Gasteiger partial charge in [-0.3, -0.25) is 9.36 Å². The Labute approximate surface area is 194 Å². The Morgan fingerprint density at radius 3 is 2.88 bits per heavy atom. The summed E-state index contributed by atoms with van der Waals surface area (Å²) in [5.74, 6) is -0.659. The van der Waals surface area contributed by atoms with Crippen LogP contribution in [0.25, 0.3) is 11.2 Å². The summed E-state index contributed by atoms with van der Waals surface area (Å²) in [6.07, 6.45) is -5.00. The van der Waals surface area contributed by atoms with Gasteiger partial charge in [0.15, 0.2) is 28.9 Å². The van der Waals surface area contributed by atoms with Gasteiger partial charge in [0.25, 0.3) is 0 Å². The van der Waals surface area contributed by atoms with Crippen LogP contribution in [0, 0.1) is 0 Å². The third-order valence-electron chi connectivity index (χ3n) is 4.73. The Morgan fingerprint density at radius 1 is 1.52 bits per heavy atom. The SMILES string of the molecule is [2H]C([2H])([2H])[C@@]1(F)[C@H](O)[C@@H](CO[P+](=O)N[C@H](C)C(=O)OC(C)C)O[C@H]1n1cnc2c(NC)nc(N)nc21. The van der Waals surface area contributed by atoms with Crippen LogP contribution in [0.1, 0.15) is 38.0 Å². The van der Waals surface area contributed by atoms with E-state index in [1.54, 1.807) is 20.9 Å². The number of aromatic nitrogens is 4. The predicted octanol–water partition coefficient (Wildman–Crippen LogP) is 1.04. The first-order valence-corrected chi connectivity index (χ1v) is 11.2. The van der Waals surface area contributed by atoms with E-state index in [2.05, 4.69) is 25.4 Å². The minimum absolute atomic E-state index is 0.0397. The number of nitrogen functional groups attached to an aromatic ring is 1. The molecule has 1 saturated heterocycles. The number of esters is 1. The van der Waals surface area contributed by atoms with Gasteiger partial charge < -0.3 is 25.6 Å². The number of nitrogens with one attached hydrogen (secondary N) is 2. The second kappa shape index (κ2) is 9.77. The summed E-state index contributed by atoms with van der Waals surface area (Å²) in [6.45, 7) is 0.667. The van der Waals surface area contributed by atoms with Crippen LogP contribution in [-0.4, -0.2) is 74.3 Å². The van der Waals surface area contributed by atoms with Gasteiger partial charge in [0, 0.05) is 11.2 Å². The lowest BCUT2D eigenvalue weighted by Crippen LogP contribution is -2.40. The fourth-order valence-corrected chi connectivity index (χ4v) is 3.94. The van der Waals surface area contributed by atoms with Gasteiger partial charge in [-0.15, -0.1) is 4.52 Å². The molecule has 0 spiro atoms. The standard InChI is InChI=1S/C18H28FN7O6P/c1-8(2)31-15(28)9(3)25-33(29)30-6-10-12(27)18(4,19)16(32-10)26-7-22-11-13(21-5)23-17(20)24-14(11)26/h7-10,12,16,27H,6H2,1-5H3,(H,25,29)(H3,20,21,23,24)/q+1/t9-,10-,12-,16-,18-/m1/s1/i4D3. The number of imidazole rings is 1. The number of ether oxygens (including phenoxy) is 2. The third kappa shape index (κ3) is 5.20. The van der Waals surface area contributed by atoms with Crippen molar-refractivity contribution in [2.45, 2.75) is 63.9 Å². The van der Waals surface area contributed by atoms with Crippen LogP contribution in [0.3, 0.4) is 0 Å². The van der Waals surface area contributed by atoms with E-state index >= 15 is 4.39 Å². The van der Waals surface area contributed by atoms with Crippen molar-refractivity contribution in [2.24, 2.45) is 0 Å². The highest BCUT2D eigenvalue weighted by Crippen LogP contribution is 2.43. The number of aliphatic hydroxyl groups excluding tert-OH is 1. The third-order valence-corrected chi connectivity index (χ3v) is 5.72. The average molecular weight is 491 g/mol. The molecule has 0 radical (unpaired) electrons. The molecule has 2 aromatic heterocycles. The predicted molar refractivity (Wildman–Crippen MR) is 116 cm³/mol. The van der Waals surface area contributed by atoms with Crippen LogP contribution in [-0.2, 0) is 23.4 Å². The van der Waals surface area contributed by atoms with Gasteiger partial charge in [-0.2, -0.15) is 9.97 Å². The summed E-state index contributed by atoms with van der Waals surface area (Å²) in [5.41, 5.74) is 2.50. The lowest BCUT2D eigenvalue weighted by atomic mass is 9.98. The molecule has 0 saturated carbocycles. The van der Waals surface area contributed by atoms with E-state index in [0.29, 0.717) is 0 Å². The smallest absolute Gasteiger partial charge is 0.462 e. The molecule has 0 bridgehead atoms. The largest absolute Gasteiger partial charge is 0.613 e. The van der Waals surface area contributed by atoms with Crippen LogP contribution in [0.5, 0.6) is 0 Å².